The quantitative estimate of drug-likeness (QED) is 0.632. The number of nitrogens with zero attached hydrogens (tertiary/aromatic N) is 3. The van der Waals surface area contributed by atoms with E-state index in [1.807, 2.05) is 32.0 Å². The normalized spacial score (nSPS) is 10.9. The van der Waals surface area contributed by atoms with E-state index in [9.17, 15) is 9.59 Å². The Morgan fingerprint density at radius 3 is 2.64 bits per heavy atom. The number of hydrogen-bond donors (Lipinski definition) is 2. The maximum Gasteiger partial charge on any atom is 0.306 e. The molecule has 28 heavy (non-hydrogen) atoms. The number of carbonyl (C=O) groups excluding carboxylic acids is 1. The van der Waals surface area contributed by atoms with Crippen molar-refractivity contribution in [2.75, 3.05) is 11.9 Å². The second-order valence-electron chi connectivity index (χ2n) is 6.51. The second kappa shape index (κ2) is 8.16. The third-order valence-electron chi connectivity index (χ3n) is 4.46. The van der Waals surface area contributed by atoms with Crippen LogP contribution in [0.3, 0.4) is 0 Å². The van der Waals surface area contributed by atoms with Gasteiger partial charge in [0, 0.05) is 23.1 Å². The molecule has 0 fully saturated rings. The van der Waals surface area contributed by atoms with Crippen LogP contribution in [0.2, 0.25) is 0 Å². The molecular formula is C20H23N5O3. The monoisotopic (exact) mass is 381 g/mol. The van der Waals surface area contributed by atoms with Crippen molar-refractivity contribution < 1.29 is 9.53 Å². The molecule has 0 spiro atoms. The topological polar surface area (TPSA) is 110 Å². The summed E-state index contributed by atoms with van der Waals surface area (Å²) in [6, 6.07) is 5.93. The molecule has 0 atom stereocenters. The minimum atomic E-state index is -0.334. The van der Waals surface area contributed by atoms with E-state index in [0.717, 1.165) is 22.2 Å². The highest BCUT2D eigenvalue weighted by atomic mass is 16.5. The van der Waals surface area contributed by atoms with Gasteiger partial charge in [-0.3, -0.25) is 19.9 Å². The Kier molecular flexibility index (Phi) is 5.67. The maximum absolute atomic E-state index is 12.4. The first-order valence-corrected chi connectivity index (χ1v) is 9.15. The molecule has 2 N–H and O–H groups in total. The average molecular weight is 381 g/mol. The molecule has 2 heterocycles. The number of aryl methyl sites for hydroxylation is 3. The van der Waals surface area contributed by atoms with Crippen LogP contribution in [0, 0.1) is 20.8 Å². The summed E-state index contributed by atoms with van der Waals surface area (Å²) in [6.07, 6.45) is 0.413. The molecule has 1 aromatic carbocycles. The van der Waals surface area contributed by atoms with Gasteiger partial charge in [-0.05, 0) is 39.7 Å². The molecule has 0 unspecified atom stereocenters. The molecule has 146 valence electrons. The summed E-state index contributed by atoms with van der Waals surface area (Å²) in [5, 5.41) is 3.96. The Bertz CT molecular complexity index is 1090. The lowest BCUT2D eigenvalue weighted by atomic mass is 10.1. The number of fused-ring (bicyclic) bond motifs is 1. The lowest BCUT2D eigenvalue weighted by Gasteiger charge is -2.10. The smallest absolute Gasteiger partial charge is 0.306 e. The zero-order valence-electron chi connectivity index (χ0n) is 16.4. The van der Waals surface area contributed by atoms with Gasteiger partial charge in [0.05, 0.1) is 17.8 Å². The van der Waals surface area contributed by atoms with E-state index in [1.165, 1.54) is 0 Å². The number of aromatic nitrogens is 4. The molecule has 3 aromatic rings. The molecule has 3 rings (SSSR count). The first-order valence-electron chi connectivity index (χ1n) is 9.15. The Morgan fingerprint density at radius 2 is 1.93 bits per heavy atom. The highest BCUT2D eigenvalue weighted by molar-refractivity contribution is 5.84. The van der Waals surface area contributed by atoms with Gasteiger partial charge in [-0.15, -0.1) is 0 Å². The van der Waals surface area contributed by atoms with E-state index in [2.05, 4.69) is 25.3 Å². The molecule has 0 saturated carbocycles. The number of rotatable bonds is 6. The van der Waals surface area contributed by atoms with Gasteiger partial charge < -0.3 is 4.74 Å². The van der Waals surface area contributed by atoms with Gasteiger partial charge in [-0.25, -0.2) is 15.0 Å². The summed E-state index contributed by atoms with van der Waals surface area (Å²) in [5.41, 5.74) is 3.43. The third kappa shape index (κ3) is 4.16. The Hall–Kier alpha value is -3.29. The minimum absolute atomic E-state index is 0.137. The summed E-state index contributed by atoms with van der Waals surface area (Å²) in [6.45, 7) is 7.70. The number of aromatic amines is 1. The van der Waals surface area contributed by atoms with Crippen LogP contribution in [-0.2, 0) is 16.0 Å². The lowest BCUT2D eigenvalue weighted by Crippen LogP contribution is -2.20. The van der Waals surface area contributed by atoms with Gasteiger partial charge in [0.25, 0.3) is 5.56 Å². The molecule has 0 aliphatic rings. The fourth-order valence-electron chi connectivity index (χ4n) is 3.04. The summed E-state index contributed by atoms with van der Waals surface area (Å²) < 4.78 is 4.90. The minimum Gasteiger partial charge on any atom is -0.466 e. The van der Waals surface area contributed by atoms with Crippen LogP contribution in [0.25, 0.3) is 10.9 Å². The van der Waals surface area contributed by atoms with E-state index in [4.69, 9.17) is 4.74 Å². The second-order valence-corrected chi connectivity index (χ2v) is 6.51. The molecule has 2 aromatic heterocycles. The molecule has 0 aliphatic heterocycles. The van der Waals surface area contributed by atoms with Crippen LogP contribution in [0.4, 0.5) is 11.9 Å². The van der Waals surface area contributed by atoms with Crippen molar-refractivity contribution in [2.45, 2.75) is 40.5 Å². The van der Waals surface area contributed by atoms with E-state index < -0.39 is 0 Å². The number of carbonyl (C=O) groups is 1. The van der Waals surface area contributed by atoms with Crippen LogP contribution in [0.15, 0.2) is 23.0 Å². The zero-order chi connectivity index (χ0) is 20.3. The molecule has 0 aliphatic carbocycles. The van der Waals surface area contributed by atoms with Crippen molar-refractivity contribution >= 4 is 28.8 Å². The Morgan fingerprint density at radius 1 is 1.14 bits per heavy atom. The van der Waals surface area contributed by atoms with Crippen molar-refractivity contribution in [3.8, 4) is 0 Å². The largest absolute Gasteiger partial charge is 0.466 e. The average Bonchev–Trinajstić information content (AvgIpc) is 2.62. The zero-order valence-corrected chi connectivity index (χ0v) is 16.4. The molecule has 8 heteroatoms. The fourth-order valence-corrected chi connectivity index (χ4v) is 3.04. The number of anilines is 2. The van der Waals surface area contributed by atoms with Crippen molar-refractivity contribution in [2.24, 2.45) is 0 Å². The van der Waals surface area contributed by atoms with Gasteiger partial charge in [-0.1, -0.05) is 18.2 Å². The van der Waals surface area contributed by atoms with Crippen LogP contribution >= 0.6 is 0 Å². The molecule has 0 radical (unpaired) electrons. The van der Waals surface area contributed by atoms with Gasteiger partial charge in [0.1, 0.15) is 0 Å². The van der Waals surface area contributed by atoms with Crippen molar-refractivity contribution in [3.05, 3.63) is 51.1 Å². The standard InChI is InChI=1S/C20H23N5O3/c1-5-28-16(26)10-9-15-13(4)22-20(24-18(15)27)25-19-21-12(3)14-8-6-7-11(2)17(14)23-19/h6-8H,5,9-10H2,1-4H3,(H2,21,22,23,24,25,27). The van der Waals surface area contributed by atoms with Crippen LogP contribution < -0.4 is 10.9 Å². The SMILES string of the molecule is CCOC(=O)CCc1c(C)nc(Nc2nc(C)c3cccc(C)c3n2)[nH]c1=O. The van der Waals surface area contributed by atoms with Crippen molar-refractivity contribution in [3.63, 3.8) is 0 Å². The Labute approximate surface area is 162 Å². The van der Waals surface area contributed by atoms with E-state index in [0.29, 0.717) is 23.8 Å². The summed E-state index contributed by atoms with van der Waals surface area (Å²) in [4.78, 5) is 40.0. The first-order chi connectivity index (χ1) is 13.4. The summed E-state index contributed by atoms with van der Waals surface area (Å²) >= 11 is 0. The van der Waals surface area contributed by atoms with Crippen molar-refractivity contribution in [1.82, 2.24) is 19.9 Å². The summed E-state index contributed by atoms with van der Waals surface area (Å²) in [5.74, 6) is 0.287. The van der Waals surface area contributed by atoms with Gasteiger partial charge in [0.15, 0.2) is 0 Å². The predicted octanol–water partition coefficient (Wildman–Crippen LogP) is 2.88. The third-order valence-corrected chi connectivity index (χ3v) is 4.46. The molecule has 0 bridgehead atoms. The number of H-pyrrole nitrogens is 1. The number of para-hydroxylation sites is 1. The fraction of sp³-hybridized carbons (Fsp3) is 0.350. The predicted molar refractivity (Wildman–Crippen MR) is 107 cm³/mol. The summed E-state index contributed by atoms with van der Waals surface area (Å²) in [7, 11) is 0. The molecular weight excluding hydrogens is 358 g/mol. The number of esters is 1. The van der Waals surface area contributed by atoms with E-state index in [-0.39, 0.29) is 30.3 Å². The van der Waals surface area contributed by atoms with Crippen LogP contribution in [0.1, 0.15) is 35.9 Å². The van der Waals surface area contributed by atoms with Gasteiger partial charge in [0.2, 0.25) is 11.9 Å². The number of benzene rings is 1. The van der Waals surface area contributed by atoms with Crippen molar-refractivity contribution in [1.29, 1.82) is 0 Å². The Balaban J connectivity index is 1.85. The molecule has 0 saturated heterocycles. The van der Waals surface area contributed by atoms with E-state index >= 15 is 0 Å². The highest BCUT2D eigenvalue weighted by Crippen LogP contribution is 2.21. The maximum atomic E-state index is 12.4. The molecule has 8 nitrogen and oxygen atoms in total. The number of nitrogens with one attached hydrogen (secondary N) is 2. The first kappa shape index (κ1) is 19.5. The highest BCUT2D eigenvalue weighted by Gasteiger charge is 2.13. The number of hydrogen-bond acceptors (Lipinski definition) is 7. The van der Waals surface area contributed by atoms with Gasteiger partial charge in [-0.2, -0.15) is 0 Å². The van der Waals surface area contributed by atoms with Crippen LogP contribution in [-0.4, -0.2) is 32.5 Å². The van der Waals surface area contributed by atoms with E-state index in [1.54, 1.807) is 13.8 Å². The van der Waals surface area contributed by atoms with Crippen LogP contribution in [0.5, 0.6) is 0 Å². The number of ether oxygens (including phenoxy) is 1. The lowest BCUT2D eigenvalue weighted by molar-refractivity contribution is -0.143. The molecule has 0 amide bonds. The van der Waals surface area contributed by atoms with Gasteiger partial charge >= 0.3 is 5.97 Å².